The van der Waals surface area contributed by atoms with Crippen LogP contribution in [0.15, 0.2) is 36.4 Å². The fraction of sp³-hybridized carbons (Fsp3) is 0.316. The zero-order valence-corrected chi connectivity index (χ0v) is 16.4. The van der Waals surface area contributed by atoms with E-state index < -0.39 is 0 Å². The average molecular weight is 405 g/mol. The van der Waals surface area contributed by atoms with Gasteiger partial charge in [0.25, 0.3) is 0 Å². The highest BCUT2D eigenvalue weighted by molar-refractivity contribution is 7.18. The number of carbonyl (C=O) groups is 2. The first-order chi connectivity index (χ1) is 12.6. The van der Waals surface area contributed by atoms with Crippen LogP contribution in [0.25, 0.3) is 10.2 Å². The van der Waals surface area contributed by atoms with Crippen LogP contribution in [0.4, 0.5) is 0 Å². The number of rotatable bonds is 5. The van der Waals surface area contributed by atoms with Crippen LogP contribution in [0, 0.1) is 0 Å². The number of likely N-dealkylation sites (tertiary alicyclic amines) is 1. The van der Waals surface area contributed by atoms with E-state index in [4.69, 9.17) is 16.6 Å². The van der Waals surface area contributed by atoms with Crippen molar-refractivity contribution in [3.8, 4) is 0 Å². The Hall–Kier alpha value is -1.76. The number of halogens is 1. The Morgan fingerprint density at radius 2 is 2.00 bits per heavy atom. The van der Waals surface area contributed by atoms with Gasteiger partial charge in [-0.2, -0.15) is 0 Å². The van der Waals surface area contributed by atoms with Gasteiger partial charge in [0.2, 0.25) is 5.91 Å². The van der Waals surface area contributed by atoms with Gasteiger partial charge in [0, 0.05) is 19.4 Å². The molecule has 1 aromatic carbocycles. The smallest absolute Gasteiger partial charge is 0.223 e. The number of benzene rings is 1. The number of ketones is 1. The van der Waals surface area contributed by atoms with E-state index in [2.05, 4.69) is 6.07 Å². The highest BCUT2D eigenvalue weighted by Crippen LogP contribution is 2.37. The molecule has 0 aliphatic carbocycles. The summed E-state index contributed by atoms with van der Waals surface area (Å²) in [6.07, 6.45) is 2.36. The van der Waals surface area contributed by atoms with Crippen LogP contribution >= 0.6 is 34.3 Å². The van der Waals surface area contributed by atoms with Crippen molar-refractivity contribution in [2.24, 2.45) is 0 Å². The predicted molar refractivity (Wildman–Crippen MR) is 106 cm³/mol. The topological polar surface area (TPSA) is 50.3 Å². The summed E-state index contributed by atoms with van der Waals surface area (Å²) in [5.41, 5.74) is 0.983. The van der Waals surface area contributed by atoms with Gasteiger partial charge in [0.15, 0.2) is 5.78 Å². The van der Waals surface area contributed by atoms with Crippen LogP contribution in [-0.2, 0) is 4.79 Å². The van der Waals surface area contributed by atoms with Gasteiger partial charge in [-0.1, -0.05) is 23.7 Å². The molecule has 3 heterocycles. The minimum absolute atomic E-state index is 0.0222. The van der Waals surface area contributed by atoms with Gasteiger partial charge in [0.1, 0.15) is 5.01 Å². The lowest BCUT2D eigenvalue weighted by atomic mass is 10.1. The Morgan fingerprint density at radius 1 is 1.15 bits per heavy atom. The van der Waals surface area contributed by atoms with E-state index in [0.29, 0.717) is 9.21 Å². The summed E-state index contributed by atoms with van der Waals surface area (Å²) in [5, 5.41) is 0.994. The molecule has 134 valence electrons. The Kier molecular flexibility index (Phi) is 5.07. The van der Waals surface area contributed by atoms with E-state index >= 15 is 0 Å². The van der Waals surface area contributed by atoms with Crippen molar-refractivity contribution in [1.82, 2.24) is 9.88 Å². The molecule has 4 nitrogen and oxygen atoms in total. The molecule has 1 amide bonds. The van der Waals surface area contributed by atoms with Gasteiger partial charge >= 0.3 is 0 Å². The summed E-state index contributed by atoms with van der Waals surface area (Å²) in [7, 11) is 0. The number of hydrogen-bond acceptors (Lipinski definition) is 5. The second kappa shape index (κ2) is 7.47. The zero-order chi connectivity index (χ0) is 18.1. The second-order valence-corrected chi connectivity index (χ2v) is 9.07. The number of Topliss-reactive ketones (excluding diaryl/α,β-unsaturated/α-hetero) is 1. The molecular formula is C19H17ClN2O2S2. The van der Waals surface area contributed by atoms with Crippen LogP contribution in [0.3, 0.4) is 0 Å². The summed E-state index contributed by atoms with van der Waals surface area (Å²) in [5.74, 6) is 0.00810. The lowest BCUT2D eigenvalue weighted by Crippen LogP contribution is -2.30. The fourth-order valence-electron chi connectivity index (χ4n) is 3.31. The van der Waals surface area contributed by atoms with Gasteiger partial charge < -0.3 is 4.90 Å². The van der Waals surface area contributed by atoms with E-state index in [1.54, 1.807) is 23.5 Å². The molecule has 0 radical (unpaired) electrons. The molecule has 4 rings (SSSR count). The minimum atomic E-state index is -0.0222. The third-order valence-corrected chi connectivity index (χ3v) is 6.99. The summed E-state index contributed by atoms with van der Waals surface area (Å²) in [4.78, 5) is 32.2. The third kappa shape index (κ3) is 3.54. The molecule has 1 saturated heterocycles. The van der Waals surface area contributed by atoms with Crippen LogP contribution in [-0.4, -0.2) is 28.1 Å². The number of hydrogen-bond donors (Lipinski definition) is 0. The number of thiazole rings is 1. The Labute approximate surface area is 164 Å². The van der Waals surface area contributed by atoms with Crippen molar-refractivity contribution in [2.75, 3.05) is 6.54 Å². The number of aromatic nitrogens is 1. The monoisotopic (exact) mass is 404 g/mol. The van der Waals surface area contributed by atoms with Crippen molar-refractivity contribution in [3.05, 3.63) is 50.6 Å². The van der Waals surface area contributed by atoms with E-state index in [0.717, 1.165) is 34.6 Å². The number of carbonyl (C=O) groups excluding carboxylic acids is 2. The van der Waals surface area contributed by atoms with Crippen molar-refractivity contribution < 1.29 is 9.59 Å². The van der Waals surface area contributed by atoms with Crippen LogP contribution in [0.2, 0.25) is 4.34 Å². The number of thiophene rings is 1. The van der Waals surface area contributed by atoms with Gasteiger partial charge in [-0.05, 0) is 37.1 Å². The molecule has 1 aliphatic rings. The van der Waals surface area contributed by atoms with E-state index in [9.17, 15) is 9.59 Å². The Morgan fingerprint density at radius 3 is 2.77 bits per heavy atom. The highest BCUT2D eigenvalue weighted by atomic mass is 35.5. The van der Waals surface area contributed by atoms with Gasteiger partial charge in [-0.15, -0.1) is 22.7 Å². The lowest BCUT2D eigenvalue weighted by Gasteiger charge is -2.23. The van der Waals surface area contributed by atoms with E-state index in [1.807, 2.05) is 23.1 Å². The predicted octanol–water partition coefficient (Wildman–Crippen LogP) is 5.34. The van der Waals surface area contributed by atoms with Gasteiger partial charge in [0.05, 0.1) is 25.5 Å². The minimum Gasteiger partial charge on any atom is -0.333 e. The maximum Gasteiger partial charge on any atom is 0.223 e. The quantitative estimate of drug-likeness (QED) is 0.539. The summed E-state index contributed by atoms with van der Waals surface area (Å²) >= 11 is 8.79. The molecule has 1 aliphatic heterocycles. The molecule has 1 atom stereocenters. The third-order valence-electron chi connectivity index (χ3n) is 4.58. The first kappa shape index (κ1) is 17.6. The lowest BCUT2D eigenvalue weighted by molar-refractivity contribution is -0.132. The number of nitrogens with zero attached hydrogens (tertiary/aromatic N) is 2. The standard InChI is InChI=1S/C19H17ClN2O2S2/c20-17-9-8-16(25-17)14(23)7-10-18(24)22-11-3-5-13(22)19-21-12-4-1-2-6-15(12)26-19/h1-2,4,6,8-9,13H,3,5,7,10-11H2/t13-/m1/s1. The summed E-state index contributed by atoms with van der Waals surface area (Å²) < 4.78 is 1.74. The molecule has 2 aromatic heterocycles. The average Bonchev–Trinajstić information content (AvgIpc) is 3.36. The van der Waals surface area contributed by atoms with E-state index in [-0.39, 0.29) is 30.6 Å². The van der Waals surface area contributed by atoms with Crippen molar-refractivity contribution in [3.63, 3.8) is 0 Å². The van der Waals surface area contributed by atoms with Crippen LogP contribution in [0.1, 0.15) is 46.4 Å². The largest absolute Gasteiger partial charge is 0.333 e. The molecule has 0 saturated carbocycles. The van der Waals surface area contributed by atoms with E-state index in [1.165, 1.54) is 11.3 Å². The Balaban J connectivity index is 1.44. The molecule has 1 fully saturated rings. The van der Waals surface area contributed by atoms with Crippen LogP contribution < -0.4 is 0 Å². The van der Waals surface area contributed by atoms with Crippen molar-refractivity contribution >= 4 is 56.2 Å². The SMILES string of the molecule is O=C(CCC(=O)N1CCC[C@@H]1c1nc2ccccc2s1)c1ccc(Cl)s1. The van der Waals surface area contributed by atoms with Gasteiger partial charge in [-0.25, -0.2) is 4.98 Å². The van der Waals surface area contributed by atoms with Crippen LogP contribution in [0.5, 0.6) is 0 Å². The molecular weight excluding hydrogens is 388 g/mol. The fourth-order valence-corrected chi connectivity index (χ4v) is 5.43. The maximum atomic E-state index is 12.7. The first-order valence-electron chi connectivity index (χ1n) is 8.55. The zero-order valence-electron chi connectivity index (χ0n) is 14.0. The number of amides is 1. The summed E-state index contributed by atoms with van der Waals surface area (Å²) in [6, 6.07) is 11.5. The molecule has 0 bridgehead atoms. The molecule has 26 heavy (non-hydrogen) atoms. The number of para-hydroxylation sites is 1. The molecule has 0 N–H and O–H groups in total. The number of fused-ring (bicyclic) bond motifs is 1. The summed E-state index contributed by atoms with van der Waals surface area (Å²) in [6.45, 7) is 0.735. The van der Waals surface area contributed by atoms with Gasteiger partial charge in [-0.3, -0.25) is 9.59 Å². The normalized spacial score (nSPS) is 17.1. The highest BCUT2D eigenvalue weighted by Gasteiger charge is 2.32. The molecule has 7 heteroatoms. The van der Waals surface area contributed by atoms with Crippen molar-refractivity contribution in [2.45, 2.75) is 31.7 Å². The van der Waals surface area contributed by atoms with Crippen molar-refractivity contribution in [1.29, 1.82) is 0 Å². The molecule has 3 aromatic rings. The Bertz CT molecular complexity index is 932. The molecule has 0 unspecified atom stereocenters. The molecule has 0 spiro atoms. The maximum absolute atomic E-state index is 12.7. The second-order valence-electron chi connectivity index (χ2n) is 6.29. The first-order valence-corrected chi connectivity index (χ1v) is 10.6.